The fourth-order valence-electron chi connectivity index (χ4n) is 4.90. The quantitative estimate of drug-likeness (QED) is 0.714. The monoisotopic (exact) mass is 400 g/mol. The van der Waals surface area contributed by atoms with Crippen LogP contribution in [0.2, 0.25) is 0 Å². The first-order valence-electron chi connectivity index (χ1n) is 10.9. The van der Waals surface area contributed by atoms with Gasteiger partial charge in [-0.15, -0.1) is 0 Å². The highest BCUT2D eigenvalue weighted by atomic mass is 16.2. The van der Waals surface area contributed by atoms with Gasteiger partial charge in [-0.25, -0.2) is 4.79 Å². The van der Waals surface area contributed by atoms with Crippen molar-refractivity contribution in [2.24, 2.45) is 18.9 Å². The molecule has 2 saturated heterocycles. The number of imide groups is 1. The molecule has 1 aliphatic carbocycles. The molecule has 4 rings (SSSR count). The van der Waals surface area contributed by atoms with E-state index in [-0.39, 0.29) is 23.8 Å². The van der Waals surface area contributed by atoms with Gasteiger partial charge in [0.05, 0.1) is 0 Å². The summed E-state index contributed by atoms with van der Waals surface area (Å²) in [6, 6.07) is 3.56. The van der Waals surface area contributed by atoms with Crippen LogP contribution < -0.4 is 0 Å². The van der Waals surface area contributed by atoms with Gasteiger partial charge in [-0.05, 0) is 49.7 Å². The topological polar surface area (TPSA) is 65.9 Å². The number of rotatable bonds is 5. The van der Waals surface area contributed by atoms with E-state index in [1.807, 2.05) is 39.7 Å². The first-order valence-corrected chi connectivity index (χ1v) is 10.9. The molecule has 0 atom stereocenters. The highest BCUT2D eigenvalue weighted by molar-refractivity contribution is 6.07. The summed E-state index contributed by atoms with van der Waals surface area (Å²) in [5.74, 6) is 0.695. The Bertz CT molecular complexity index is 803. The molecule has 2 aliphatic heterocycles. The molecular formula is C22H32N4O3. The van der Waals surface area contributed by atoms with Crippen LogP contribution in [0.3, 0.4) is 0 Å². The molecule has 3 aliphatic rings. The second kappa shape index (κ2) is 7.50. The van der Waals surface area contributed by atoms with Crippen molar-refractivity contribution in [1.82, 2.24) is 19.3 Å². The Hall–Kier alpha value is -2.31. The van der Waals surface area contributed by atoms with Crippen molar-refractivity contribution in [1.29, 1.82) is 0 Å². The Morgan fingerprint density at radius 1 is 1.21 bits per heavy atom. The maximum absolute atomic E-state index is 13.5. The molecule has 7 heteroatoms. The van der Waals surface area contributed by atoms with Gasteiger partial charge in [0, 0.05) is 39.4 Å². The highest BCUT2D eigenvalue weighted by Gasteiger charge is 2.58. The summed E-state index contributed by atoms with van der Waals surface area (Å²) in [5.41, 5.74) is -0.128. The molecule has 29 heavy (non-hydrogen) atoms. The van der Waals surface area contributed by atoms with E-state index in [1.54, 1.807) is 0 Å². The summed E-state index contributed by atoms with van der Waals surface area (Å²) in [5, 5.41) is 0. The molecule has 0 bridgehead atoms. The van der Waals surface area contributed by atoms with Gasteiger partial charge < -0.3 is 14.4 Å². The van der Waals surface area contributed by atoms with Crippen molar-refractivity contribution in [3.8, 4) is 0 Å². The third-order valence-corrected chi connectivity index (χ3v) is 6.88. The van der Waals surface area contributed by atoms with Crippen LogP contribution in [0.25, 0.3) is 0 Å². The van der Waals surface area contributed by atoms with Crippen LogP contribution in [-0.4, -0.2) is 68.8 Å². The van der Waals surface area contributed by atoms with Gasteiger partial charge in [0.1, 0.15) is 11.2 Å². The van der Waals surface area contributed by atoms with E-state index in [0.717, 1.165) is 12.8 Å². The minimum absolute atomic E-state index is 0.00847. The second-order valence-corrected chi connectivity index (χ2v) is 9.33. The van der Waals surface area contributed by atoms with Crippen molar-refractivity contribution >= 4 is 17.8 Å². The van der Waals surface area contributed by atoms with Gasteiger partial charge in [0.25, 0.3) is 11.8 Å². The van der Waals surface area contributed by atoms with Gasteiger partial charge in [0.2, 0.25) is 0 Å². The standard InChI is InChI=1S/C22H32N4O3/c1-16(2)14-26-21(29)25(15-17-6-4-7-17)20(28)22(26)9-12-24(13-10-22)19(27)18-8-5-11-23(18)3/h5,8,11,16-17H,4,6-7,9-10,12-15H2,1-3H3. The number of piperidine rings is 1. The number of urea groups is 1. The van der Waals surface area contributed by atoms with Gasteiger partial charge >= 0.3 is 6.03 Å². The lowest BCUT2D eigenvalue weighted by atomic mass is 9.83. The van der Waals surface area contributed by atoms with Crippen LogP contribution in [0.4, 0.5) is 4.79 Å². The van der Waals surface area contributed by atoms with Crippen molar-refractivity contribution < 1.29 is 14.4 Å². The van der Waals surface area contributed by atoms with Crippen LogP contribution in [0.1, 0.15) is 56.4 Å². The molecule has 7 nitrogen and oxygen atoms in total. The minimum Gasteiger partial charge on any atom is -0.347 e. The lowest BCUT2D eigenvalue weighted by molar-refractivity contribution is -0.136. The zero-order valence-corrected chi connectivity index (χ0v) is 17.8. The van der Waals surface area contributed by atoms with Crippen LogP contribution in [0.5, 0.6) is 0 Å². The molecule has 1 saturated carbocycles. The zero-order valence-electron chi connectivity index (χ0n) is 17.8. The van der Waals surface area contributed by atoms with E-state index in [0.29, 0.717) is 50.6 Å². The normalized spacial score (nSPS) is 22.1. The Morgan fingerprint density at radius 2 is 1.90 bits per heavy atom. The number of hydrogen-bond acceptors (Lipinski definition) is 3. The summed E-state index contributed by atoms with van der Waals surface area (Å²) < 4.78 is 1.82. The van der Waals surface area contributed by atoms with Crippen molar-refractivity contribution in [3.05, 3.63) is 24.0 Å². The van der Waals surface area contributed by atoms with E-state index in [2.05, 4.69) is 13.8 Å². The number of aromatic nitrogens is 1. The van der Waals surface area contributed by atoms with E-state index >= 15 is 0 Å². The van der Waals surface area contributed by atoms with Crippen molar-refractivity contribution in [2.75, 3.05) is 26.2 Å². The molecule has 0 radical (unpaired) electrons. The third kappa shape index (κ3) is 3.34. The predicted octanol–water partition coefficient (Wildman–Crippen LogP) is 2.72. The average molecular weight is 401 g/mol. The Balaban J connectivity index is 1.53. The number of likely N-dealkylation sites (tertiary alicyclic amines) is 1. The fraction of sp³-hybridized carbons (Fsp3) is 0.682. The molecule has 3 fully saturated rings. The predicted molar refractivity (Wildman–Crippen MR) is 109 cm³/mol. The summed E-state index contributed by atoms with van der Waals surface area (Å²) in [6.07, 6.45) is 6.29. The molecular weight excluding hydrogens is 368 g/mol. The molecule has 158 valence electrons. The molecule has 1 aromatic heterocycles. The lowest BCUT2D eigenvalue weighted by Crippen LogP contribution is -2.58. The van der Waals surface area contributed by atoms with Crippen LogP contribution in [0.15, 0.2) is 18.3 Å². The minimum atomic E-state index is -0.782. The maximum Gasteiger partial charge on any atom is 0.327 e. The van der Waals surface area contributed by atoms with Crippen LogP contribution in [-0.2, 0) is 11.8 Å². The Morgan fingerprint density at radius 3 is 2.41 bits per heavy atom. The first-order chi connectivity index (χ1) is 13.8. The number of amides is 4. The molecule has 3 heterocycles. The van der Waals surface area contributed by atoms with Gasteiger partial charge in [-0.1, -0.05) is 20.3 Å². The molecule has 1 spiro atoms. The summed E-state index contributed by atoms with van der Waals surface area (Å²) >= 11 is 0. The number of aryl methyl sites for hydroxylation is 1. The summed E-state index contributed by atoms with van der Waals surface area (Å²) in [6.45, 7) is 6.28. The molecule has 0 unspecified atom stereocenters. The maximum atomic E-state index is 13.5. The number of nitrogens with zero attached hydrogens (tertiary/aromatic N) is 4. The van der Waals surface area contributed by atoms with E-state index in [1.165, 1.54) is 11.3 Å². The smallest absolute Gasteiger partial charge is 0.327 e. The summed E-state index contributed by atoms with van der Waals surface area (Å²) in [4.78, 5) is 44.7. The van der Waals surface area contributed by atoms with Gasteiger partial charge in [-0.2, -0.15) is 0 Å². The van der Waals surface area contributed by atoms with Crippen molar-refractivity contribution in [2.45, 2.75) is 51.5 Å². The highest BCUT2D eigenvalue weighted by Crippen LogP contribution is 2.40. The van der Waals surface area contributed by atoms with Gasteiger partial charge in [-0.3, -0.25) is 14.5 Å². The second-order valence-electron chi connectivity index (χ2n) is 9.33. The fourth-order valence-corrected chi connectivity index (χ4v) is 4.90. The Labute approximate surface area is 172 Å². The third-order valence-electron chi connectivity index (χ3n) is 6.88. The summed E-state index contributed by atoms with van der Waals surface area (Å²) in [7, 11) is 1.86. The number of carbonyl (C=O) groups excluding carboxylic acids is 3. The van der Waals surface area contributed by atoms with E-state index in [4.69, 9.17) is 0 Å². The largest absolute Gasteiger partial charge is 0.347 e. The number of carbonyl (C=O) groups is 3. The average Bonchev–Trinajstić information content (AvgIpc) is 3.15. The molecule has 4 amide bonds. The van der Waals surface area contributed by atoms with Crippen LogP contribution >= 0.6 is 0 Å². The molecule has 0 N–H and O–H groups in total. The SMILES string of the molecule is CC(C)CN1C(=O)N(CC2CCC2)C(=O)C12CCN(C(=O)c1cccn1C)CC2. The number of hydrogen-bond donors (Lipinski definition) is 0. The zero-order chi connectivity index (χ0) is 20.8. The lowest BCUT2D eigenvalue weighted by Gasteiger charge is -2.42. The molecule has 0 aromatic carbocycles. The Kier molecular flexibility index (Phi) is 5.17. The van der Waals surface area contributed by atoms with Crippen molar-refractivity contribution in [3.63, 3.8) is 0 Å². The van der Waals surface area contributed by atoms with E-state index in [9.17, 15) is 14.4 Å². The van der Waals surface area contributed by atoms with Crippen LogP contribution in [0, 0.1) is 11.8 Å². The molecule has 1 aromatic rings. The first kappa shape index (κ1) is 20.0. The van der Waals surface area contributed by atoms with Gasteiger partial charge in [0.15, 0.2) is 0 Å². The van der Waals surface area contributed by atoms with E-state index < -0.39 is 5.54 Å².